The van der Waals surface area contributed by atoms with Crippen LogP contribution in [-0.2, 0) is 24.2 Å². The molecule has 4 N–H and O–H groups in total. The fourth-order valence-corrected chi connectivity index (χ4v) is 3.38. The van der Waals surface area contributed by atoms with Crippen LogP contribution in [0.15, 0.2) is 29.8 Å². The van der Waals surface area contributed by atoms with Gasteiger partial charge in [0.2, 0.25) is 0 Å². The first-order chi connectivity index (χ1) is 14.4. The molecule has 1 aromatic heterocycles. The van der Waals surface area contributed by atoms with E-state index < -0.39 is 12.5 Å². The minimum absolute atomic E-state index is 0.116. The summed E-state index contributed by atoms with van der Waals surface area (Å²) >= 11 is 0. The maximum Gasteiger partial charge on any atom is 0.285 e. The molecule has 8 heteroatoms. The van der Waals surface area contributed by atoms with E-state index in [-0.39, 0.29) is 16.9 Å². The van der Waals surface area contributed by atoms with E-state index in [1.165, 1.54) is 12.1 Å². The topological polar surface area (TPSA) is 91.5 Å². The van der Waals surface area contributed by atoms with Gasteiger partial charge in [-0.2, -0.15) is 19.8 Å². The normalized spacial score (nSPS) is 12.9. The molecule has 6 nitrogen and oxygen atoms in total. The van der Waals surface area contributed by atoms with Crippen LogP contribution in [-0.4, -0.2) is 22.2 Å². The van der Waals surface area contributed by atoms with Crippen molar-refractivity contribution in [2.75, 3.05) is 6.54 Å². The third-order valence-corrected chi connectivity index (χ3v) is 5.79. The Balaban J connectivity index is 2.40. The number of benzene rings is 1. The van der Waals surface area contributed by atoms with Gasteiger partial charge in [0.05, 0.1) is 12.2 Å². The molecule has 2 aromatic rings. The summed E-state index contributed by atoms with van der Waals surface area (Å²) in [5, 5.41) is 4.55. The van der Waals surface area contributed by atoms with Gasteiger partial charge < -0.3 is 10.6 Å². The highest BCUT2D eigenvalue weighted by Gasteiger charge is 2.31. The number of aliphatic imine (C=N–C) groups is 1. The Morgan fingerprint density at radius 3 is 2.45 bits per heavy atom. The number of nitrogens with two attached hydrogens (primary N) is 2. The predicted octanol–water partition coefficient (Wildman–Crippen LogP) is 4.37. The number of aryl methyl sites for hydroxylation is 2. The lowest BCUT2D eigenvalue weighted by Gasteiger charge is -2.22. The van der Waals surface area contributed by atoms with Gasteiger partial charge in [0, 0.05) is 23.9 Å². The van der Waals surface area contributed by atoms with Gasteiger partial charge in [-0.25, -0.2) is 4.99 Å². The van der Waals surface area contributed by atoms with Gasteiger partial charge in [-0.05, 0) is 42.9 Å². The second kappa shape index (κ2) is 9.28. The van der Waals surface area contributed by atoms with Crippen LogP contribution in [0.1, 0.15) is 60.8 Å². The lowest BCUT2D eigenvalue weighted by molar-refractivity contribution is 0.00532. The molecule has 0 fully saturated rings. The van der Waals surface area contributed by atoms with Crippen molar-refractivity contribution in [1.29, 1.82) is 0 Å². The standard InChI is InChI=1S/C23H33F2N5O/c1-8-22(5,6)12-19-15(3)20(29-30(19)7)21(31-27)28-16(4)17-9-10-18(14(2)11-17)23(24,25)13-26/h9-11H,4,8,12-13,26-27H2,1-3,5-7H3/b28-21-. The first-order valence-corrected chi connectivity index (χ1v) is 10.2. The first-order valence-electron chi connectivity index (χ1n) is 10.2. The summed E-state index contributed by atoms with van der Waals surface area (Å²) in [5.74, 6) is 2.54. The van der Waals surface area contributed by atoms with Crippen LogP contribution < -0.4 is 11.6 Å². The highest BCUT2D eigenvalue weighted by atomic mass is 19.3. The maximum absolute atomic E-state index is 14.0. The molecule has 0 radical (unpaired) electrons. The van der Waals surface area contributed by atoms with E-state index in [0.29, 0.717) is 22.5 Å². The molecule has 0 aliphatic rings. The molecule has 0 atom stereocenters. The number of hydrogen-bond acceptors (Lipinski definition) is 5. The molecule has 0 amide bonds. The van der Waals surface area contributed by atoms with E-state index in [1.807, 2.05) is 18.7 Å². The molecule has 0 unspecified atom stereocenters. The van der Waals surface area contributed by atoms with E-state index in [0.717, 1.165) is 24.1 Å². The number of aromatic nitrogens is 2. The molecule has 0 spiro atoms. The predicted molar refractivity (Wildman–Crippen MR) is 121 cm³/mol. The fourth-order valence-electron chi connectivity index (χ4n) is 3.38. The molecule has 1 heterocycles. The Labute approximate surface area is 182 Å². The van der Waals surface area contributed by atoms with Gasteiger partial charge in [0.15, 0.2) is 5.69 Å². The highest BCUT2D eigenvalue weighted by Crippen LogP contribution is 2.32. The summed E-state index contributed by atoms with van der Waals surface area (Å²) in [6.07, 6.45) is 1.87. The van der Waals surface area contributed by atoms with Crippen LogP contribution in [0.3, 0.4) is 0 Å². The van der Waals surface area contributed by atoms with Crippen molar-refractivity contribution in [2.24, 2.45) is 29.1 Å². The minimum Gasteiger partial charge on any atom is -0.389 e. The zero-order valence-corrected chi connectivity index (χ0v) is 19.2. The second-order valence-electron chi connectivity index (χ2n) is 8.66. The summed E-state index contributed by atoms with van der Waals surface area (Å²) in [6.45, 7) is 13.3. The van der Waals surface area contributed by atoms with E-state index in [9.17, 15) is 8.78 Å². The van der Waals surface area contributed by atoms with Gasteiger partial charge in [-0.3, -0.25) is 4.68 Å². The Bertz CT molecular complexity index is 992. The van der Waals surface area contributed by atoms with Gasteiger partial charge >= 0.3 is 0 Å². The fraction of sp³-hybridized carbons (Fsp3) is 0.478. The Hall–Kier alpha value is -2.58. The Morgan fingerprint density at radius 1 is 1.29 bits per heavy atom. The first kappa shape index (κ1) is 24.7. The summed E-state index contributed by atoms with van der Waals surface area (Å²) in [7, 11) is 1.88. The lowest BCUT2D eigenvalue weighted by Crippen LogP contribution is -2.26. The van der Waals surface area contributed by atoms with Crippen molar-refractivity contribution in [3.05, 3.63) is 58.4 Å². The summed E-state index contributed by atoms with van der Waals surface area (Å²) < 4.78 is 29.8. The van der Waals surface area contributed by atoms with E-state index in [4.69, 9.17) is 16.5 Å². The highest BCUT2D eigenvalue weighted by molar-refractivity contribution is 5.97. The third-order valence-electron chi connectivity index (χ3n) is 5.79. The molecular formula is C23H33F2N5O. The molecule has 2 rings (SSSR count). The smallest absolute Gasteiger partial charge is 0.285 e. The molecule has 1 aromatic carbocycles. The molecule has 170 valence electrons. The average molecular weight is 434 g/mol. The number of nitrogens with zero attached hydrogens (tertiary/aromatic N) is 3. The Morgan fingerprint density at radius 2 is 1.94 bits per heavy atom. The number of halogens is 2. The van der Waals surface area contributed by atoms with Crippen molar-refractivity contribution in [3.8, 4) is 0 Å². The monoisotopic (exact) mass is 433 g/mol. The molecule has 0 saturated heterocycles. The lowest BCUT2D eigenvalue weighted by atomic mass is 9.84. The van der Waals surface area contributed by atoms with Crippen LogP contribution in [0.5, 0.6) is 0 Å². The molecule has 0 aliphatic heterocycles. The zero-order valence-electron chi connectivity index (χ0n) is 19.2. The summed E-state index contributed by atoms with van der Waals surface area (Å²) in [5.41, 5.74) is 9.02. The van der Waals surface area contributed by atoms with Crippen molar-refractivity contribution in [1.82, 2.24) is 9.78 Å². The minimum atomic E-state index is -3.09. The van der Waals surface area contributed by atoms with Crippen molar-refractivity contribution in [2.45, 2.75) is 53.4 Å². The van der Waals surface area contributed by atoms with E-state index in [2.05, 4.69) is 37.4 Å². The van der Waals surface area contributed by atoms with Gasteiger partial charge in [0.25, 0.3) is 11.8 Å². The van der Waals surface area contributed by atoms with Crippen molar-refractivity contribution >= 4 is 11.6 Å². The van der Waals surface area contributed by atoms with Crippen molar-refractivity contribution in [3.63, 3.8) is 0 Å². The molecule has 0 saturated carbocycles. The Kier molecular flexibility index (Phi) is 7.39. The second-order valence-corrected chi connectivity index (χ2v) is 8.66. The number of hydrogen-bond donors (Lipinski definition) is 2. The van der Waals surface area contributed by atoms with Crippen LogP contribution >= 0.6 is 0 Å². The number of alkyl halides is 2. The largest absolute Gasteiger partial charge is 0.389 e. The van der Waals surface area contributed by atoms with E-state index >= 15 is 0 Å². The zero-order chi connectivity index (χ0) is 23.6. The third kappa shape index (κ3) is 5.37. The summed E-state index contributed by atoms with van der Waals surface area (Å²) in [6, 6.07) is 4.48. The molecule has 0 aliphatic carbocycles. The molecular weight excluding hydrogens is 400 g/mol. The summed E-state index contributed by atoms with van der Waals surface area (Å²) in [4.78, 5) is 9.44. The van der Waals surface area contributed by atoms with Crippen LogP contribution in [0.25, 0.3) is 5.70 Å². The van der Waals surface area contributed by atoms with Gasteiger partial charge in [-0.15, -0.1) is 0 Å². The van der Waals surface area contributed by atoms with Gasteiger partial charge in [0.1, 0.15) is 0 Å². The van der Waals surface area contributed by atoms with E-state index in [1.54, 1.807) is 13.0 Å². The maximum atomic E-state index is 14.0. The quantitative estimate of drug-likeness (QED) is 0.367. The van der Waals surface area contributed by atoms with Crippen molar-refractivity contribution < 1.29 is 13.6 Å². The van der Waals surface area contributed by atoms with Crippen LogP contribution in [0.4, 0.5) is 8.78 Å². The SMILES string of the molecule is C=C(/N=C(\ON)c1nn(C)c(CC(C)(C)CC)c1C)c1ccc(C(F)(F)CN)c(C)c1. The molecule has 31 heavy (non-hydrogen) atoms. The number of rotatable bonds is 8. The van der Waals surface area contributed by atoms with Gasteiger partial charge in [-0.1, -0.05) is 45.9 Å². The van der Waals surface area contributed by atoms with Crippen LogP contribution in [0.2, 0.25) is 0 Å². The average Bonchev–Trinajstić information content (AvgIpc) is 2.99. The molecule has 0 bridgehead atoms. The van der Waals surface area contributed by atoms with Crippen LogP contribution in [0, 0.1) is 19.3 Å².